The maximum atomic E-state index is 4.70. The average Bonchev–Trinajstić information content (AvgIpc) is 3.42. The highest BCUT2D eigenvalue weighted by molar-refractivity contribution is 6.10. The first-order chi connectivity index (χ1) is 16.9. The van der Waals surface area contributed by atoms with E-state index in [0.29, 0.717) is 0 Å². The van der Waals surface area contributed by atoms with Crippen molar-refractivity contribution in [3.8, 4) is 22.8 Å². The molecule has 0 radical (unpaired) electrons. The quantitative estimate of drug-likeness (QED) is 0.264. The molecule has 2 heterocycles. The van der Waals surface area contributed by atoms with Gasteiger partial charge in [0.1, 0.15) is 5.82 Å². The number of aryl methyl sites for hydroxylation is 5. The Balaban J connectivity index is 1.50. The van der Waals surface area contributed by atoms with E-state index in [2.05, 4.69) is 117 Å². The number of fused-ring (bicyclic) bond motifs is 3. The highest BCUT2D eigenvalue weighted by Gasteiger charge is 2.15. The monoisotopic (exact) mass is 455 g/mol. The number of aromatic nitrogens is 3. The lowest BCUT2D eigenvalue weighted by atomic mass is 10.0. The normalized spacial score (nSPS) is 11.6. The second-order valence-corrected chi connectivity index (χ2v) is 9.82. The Morgan fingerprint density at radius 1 is 0.571 bits per heavy atom. The van der Waals surface area contributed by atoms with Crippen LogP contribution in [0.4, 0.5) is 0 Å². The Kier molecular flexibility index (Phi) is 4.89. The molecule has 35 heavy (non-hydrogen) atoms. The van der Waals surface area contributed by atoms with Gasteiger partial charge in [0, 0.05) is 40.1 Å². The zero-order valence-electron chi connectivity index (χ0n) is 20.9. The molecular formula is C32H29N3. The van der Waals surface area contributed by atoms with E-state index in [1.165, 1.54) is 49.6 Å². The Labute approximate surface area is 206 Å². The molecule has 4 aromatic carbocycles. The molecule has 6 aromatic rings. The highest BCUT2D eigenvalue weighted by atomic mass is 15.1. The van der Waals surface area contributed by atoms with Crippen molar-refractivity contribution in [3.63, 3.8) is 0 Å². The van der Waals surface area contributed by atoms with Crippen LogP contribution in [0.15, 0.2) is 85.2 Å². The lowest BCUT2D eigenvalue weighted by Crippen LogP contribution is -1.98. The summed E-state index contributed by atoms with van der Waals surface area (Å²) in [7, 11) is 0. The van der Waals surface area contributed by atoms with Crippen LogP contribution in [0.5, 0.6) is 0 Å². The molecule has 0 saturated heterocycles. The first-order valence-corrected chi connectivity index (χ1v) is 12.1. The van der Waals surface area contributed by atoms with Gasteiger partial charge in [-0.05, 0) is 118 Å². The number of imidazole rings is 1. The summed E-state index contributed by atoms with van der Waals surface area (Å²) in [6, 6.07) is 26.8. The van der Waals surface area contributed by atoms with Crippen molar-refractivity contribution in [2.24, 2.45) is 0 Å². The molecule has 172 valence electrons. The summed E-state index contributed by atoms with van der Waals surface area (Å²) in [5.41, 5.74) is 12.3. The van der Waals surface area contributed by atoms with E-state index in [0.717, 1.165) is 22.8 Å². The average molecular weight is 456 g/mol. The van der Waals surface area contributed by atoms with Crippen LogP contribution < -0.4 is 0 Å². The van der Waals surface area contributed by atoms with E-state index in [-0.39, 0.29) is 0 Å². The minimum atomic E-state index is 0.950. The molecular weight excluding hydrogens is 426 g/mol. The number of hydrogen-bond donors (Lipinski definition) is 0. The lowest BCUT2D eigenvalue weighted by Gasteiger charge is -2.12. The topological polar surface area (TPSA) is 22.8 Å². The fourth-order valence-corrected chi connectivity index (χ4v) is 5.24. The molecule has 6 rings (SSSR count). The van der Waals surface area contributed by atoms with Gasteiger partial charge in [0.05, 0.1) is 11.0 Å². The van der Waals surface area contributed by atoms with E-state index in [9.17, 15) is 0 Å². The molecule has 0 saturated carbocycles. The minimum Gasteiger partial charge on any atom is -0.309 e. The molecule has 0 unspecified atom stereocenters. The van der Waals surface area contributed by atoms with Gasteiger partial charge in [-0.3, -0.25) is 4.57 Å². The number of benzene rings is 4. The molecule has 2 aromatic heterocycles. The van der Waals surface area contributed by atoms with Gasteiger partial charge in [-0.1, -0.05) is 17.7 Å². The van der Waals surface area contributed by atoms with Gasteiger partial charge in [0.15, 0.2) is 0 Å². The fraction of sp³-hybridized carbons (Fsp3) is 0.156. The van der Waals surface area contributed by atoms with Crippen molar-refractivity contribution >= 4 is 21.8 Å². The number of rotatable bonds is 3. The van der Waals surface area contributed by atoms with Gasteiger partial charge < -0.3 is 4.57 Å². The zero-order valence-corrected chi connectivity index (χ0v) is 20.9. The summed E-state index contributed by atoms with van der Waals surface area (Å²) in [5, 5.41) is 2.61. The predicted molar refractivity (Wildman–Crippen MR) is 147 cm³/mol. The van der Waals surface area contributed by atoms with Crippen LogP contribution in [0.1, 0.15) is 27.8 Å². The maximum absolute atomic E-state index is 4.70. The van der Waals surface area contributed by atoms with E-state index in [1.807, 2.05) is 12.4 Å². The molecule has 0 N–H and O–H groups in total. The van der Waals surface area contributed by atoms with Crippen molar-refractivity contribution in [2.75, 3.05) is 0 Å². The Morgan fingerprint density at radius 3 is 2.00 bits per heavy atom. The Morgan fingerprint density at radius 2 is 1.26 bits per heavy atom. The molecule has 0 aliphatic rings. The van der Waals surface area contributed by atoms with Crippen LogP contribution in [0, 0.1) is 34.6 Å². The predicted octanol–water partition coefficient (Wildman–Crippen LogP) is 8.18. The van der Waals surface area contributed by atoms with Gasteiger partial charge in [0.2, 0.25) is 0 Å². The third kappa shape index (κ3) is 3.55. The van der Waals surface area contributed by atoms with E-state index in [4.69, 9.17) is 4.98 Å². The van der Waals surface area contributed by atoms with Crippen LogP contribution in [-0.4, -0.2) is 14.1 Å². The van der Waals surface area contributed by atoms with Crippen LogP contribution in [-0.2, 0) is 0 Å². The molecule has 3 heteroatoms. The molecule has 0 bridgehead atoms. The van der Waals surface area contributed by atoms with Crippen LogP contribution >= 0.6 is 0 Å². The van der Waals surface area contributed by atoms with Gasteiger partial charge in [-0.25, -0.2) is 4.98 Å². The summed E-state index contributed by atoms with van der Waals surface area (Å²) < 4.78 is 4.56. The molecule has 0 aliphatic carbocycles. The molecule has 0 aliphatic heterocycles. The maximum Gasteiger partial charge on any atom is 0.144 e. The van der Waals surface area contributed by atoms with Gasteiger partial charge in [-0.2, -0.15) is 0 Å². The Bertz CT molecular complexity index is 1710. The third-order valence-electron chi connectivity index (χ3n) is 7.05. The summed E-state index contributed by atoms with van der Waals surface area (Å²) in [6.45, 7) is 10.8. The molecule has 0 spiro atoms. The number of nitrogens with zero attached hydrogens (tertiary/aromatic N) is 3. The van der Waals surface area contributed by atoms with Gasteiger partial charge in [-0.15, -0.1) is 0 Å². The summed E-state index contributed by atoms with van der Waals surface area (Å²) in [5.74, 6) is 0.950. The highest BCUT2D eigenvalue weighted by Crippen LogP contribution is 2.35. The fourth-order valence-electron chi connectivity index (χ4n) is 5.24. The first kappa shape index (κ1) is 21.4. The SMILES string of the molecule is Cc1cc(C)cc(-n2ccnc2-c2ccc(-n3c4ccc(C)cc4c4cc(C)c(C)cc43)cc2)c1. The van der Waals surface area contributed by atoms with Crippen molar-refractivity contribution in [2.45, 2.75) is 34.6 Å². The second-order valence-electron chi connectivity index (χ2n) is 9.82. The standard InChI is InChI=1S/C32H29N3/c1-20-6-11-30-28(17-20)29-18-23(4)24(5)19-31(29)35(30)26-9-7-25(8-10-26)32-33-12-13-34(32)27-15-21(2)14-22(3)16-27/h6-19H,1-5H3. The zero-order chi connectivity index (χ0) is 24.3. The van der Waals surface area contributed by atoms with Crippen molar-refractivity contribution in [1.29, 1.82) is 0 Å². The first-order valence-electron chi connectivity index (χ1n) is 12.1. The van der Waals surface area contributed by atoms with Gasteiger partial charge in [0.25, 0.3) is 0 Å². The third-order valence-corrected chi connectivity index (χ3v) is 7.05. The molecule has 0 atom stereocenters. The van der Waals surface area contributed by atoms with E-state index >= 15 is 0 Å². The smallest absolute Gasteiger partial charge is 0.144 e. The van der Waals surface area contributed by atoms with Crippen molar-refractivity contribution in [1.82, 2.24) is 14.1 Å². The Hall–Kier alpha value is -4.11. The summed E-state index contributed by atoms with van der Waals surface area (Å²) in [6.07, 6.45) is 3.92. The van der Waals surface area contributed by atoms with E-state index in [1.54, 1.807) is 0 Å². The molecule has 0 amide bonds. The summed E-state index contributed by atoms with van der Waals surface area (Å²) >= 11 is 0. The van der Waals surface area contributed by atoms with Crippen LogP contribution in [0.2, 0.25) is 0 Å². The second kappa shape index (κ2) is 7.99. The minimum absolute atomic E-state index is 0.950. The van der Waals surface area contributed by atoms with Crippen molar-refractivity contribution in [3.05, 3.63) is 113 Å². The summed E-state index contributed by atoms with van der Waals surface area (Å²) in [4.78, 5) is 4.70. The van der Waals surface area contributed by atoms with Crippen molar-refractivity contribution < 1.29 is 0 Å². The lowest BCUT2D eigenvalue weighted by molar-refractivity contribution is 1.06. The largest absolute Gasteiger partial charge is 0.309 e. The van der Waals surface area contributed by atoms with Gasteiger partial charge >= 0.3 is 0 Å². The van der Waals surface area contributed by atoms with Crippen LogP contribution in [0.25, 0.3) is 44.6 Å². The number of hydrogen-bond acceptors (Lipinski definition) is 1. The van der Waals surface area contributed by atoms with E-state index < -0.39 is 0 Å². The molecule has 3 nitrogen and oxygen atoms in total. The van der Waals surface area contributed by atoms with Crippen LogP contribution in [0.3, 0.4) is 0 Å². The molecule has 0 fully saturated rings.